The summed E-state index contributed by atoms with van der Waals surface area (Å²) in [6.07, 6.45) is 0.983. The molecule has 0 fully saturated rings. The highest BCUT2D eigenvalue weighted by Crippen LogP contribution is 2.29. The maximum Gasteiger partial charge on any atom is 0.434 e. The van der Waals surface area contributed by atoms with Crippen molar-refractivity contribution < 1.29 is 13.2 Å². The second kappa shape index (κ2) is 8.87. The van der Waals surface area contributed by atoms with Gasteiger partial charge in [-0.25, -0.2) is 9.97 Å². The first-order valence-electron chi connectivity index (χ1n) is 8.43. The van der Waals surface area contributed by atoms with E-state index < -0.39 is 11.9 Å². The predicted molar refractivity (Wildman–Crippen MR) is 102 cm³/mol. The molecule has 10 heteroatoms. The minimum atomic E-state index is -4.42. The largest absolute Gasteiger partial charge is 0.434 e. The highest BCUT2D eigenvalue weighted by atomic mass is 32.1. The maximum atomic E-state index is 12.6. The zero-order valence-electron chi connectivity index (χ0n) is 15.1. The number of guanidine groups is 1. The zero-order valence-corrected chi connectivity index (χ0v) is 15.9. The van der Waals surface area contributed by atoms with E-state index in [1.807, 2.05) is 29.0 Å². The van der Waals surface area contributed by atoms with Crippen LogP contribution < -0.4 is 10.6 Å². The molecule has 0 bridgehead atoms. The van der Waals surface area contributed by atoms with Crippen molar-refractivity contribution in [1.29, 1.82) is 0 Å². The van der Waals surface area contributed by atoms with Crippen LogP contribution in [0.5, 0.6) is 0 Å². The molecule has 1 aromatic carbocycles. The van der Waals surface area contributed by atoms with Crippen molar-refractivity contribution in [1.82, 2.24) is 25.2 Å². The standard InChI is InChI=1S/C18H19F3N6S/c1-22-17(25-9-16-26-15(11-28-16)18(19,20)21)24-8-13-3-2-4-14(7-13)10-27-6-5-23-12-27/h2-7,11-12H,8-10H2,1H3,(H2,22,24,25). The van der Waals surface area contributed by atoms with E-state index in [2.05, 4.69) is 31.7 Å². The molecule has 2 heterocycles. The molecule has 2 aromatic heterocycles. The maximum absolute atomic E-state index is 12.6. The number of imidazole rings is 1. The molecule has 0 spiro atoms. The number of alkyl halides is 3. The number of aliphatic imine (C=N–C) groups is 1. The third kappa shape index (κ3) is 5.56. The van der Waals surface area contributed by atoms with Gasteiger partial charge in [-0.3, -0.25) is 4.99 Å². The average Bonchev–Trinajstić information content (AvgIpc) is 3.34. The first kappa shape index (κ1) is 19.9. The lowest BCUT2D eigenvalue weighted by molar-refractivity contribution is -0.140. The molecular formula is C18H19F3N6S. The first-order chi connectivity index (χ1) is 13.4. The van der Waals surface area contributed by atoms with Gasteiger partial charge in [0, 0.05) is 37.9 Å². The van der Waals surface area contributed by atoms with E-state index in [4.69, 9.17) is 0 Å². The van der Waals surface area contributed by atoms with Crippen LogP contribution in [0.3, 0.4) is 0 Å². The van der Waals surface area contributed by atoms with Crippen LogP contribution in [0, 0.1) is 0 Å². The monoisotopic (exact) mass is 408 g/mol. The summed E-state index contributed by atoms with van der Waals surface area (Å²) in [4.78, 5) is 11.7. The van der Waals surface area contributed by atoms with E-state index in [1.54, 1.807) is 19.6 Å². The van der Waals surface area contributed by atoms with E-state index in [-0.39, 0.29) is 6.54 Å². The molecule has 28 heavy (non-hydrogen) atoms. The highest BCUT2D eigenvalue weighted by Gasteiger charge is 2.33. The van der Waals surface area contributed by atoms with Crippen LogP contribution in [0.25, 0.3) is 0 Å². The Morgan fingerprint density at radius 3 is 2.68 bits per heavy atom. The molecule has 2 N–H and O–H groups in total. The fourth-order valence-electron chi connectivity index (χ4n) is 2.52. The molecule has 3 rings (SSSR count). The van der Waals surface area contributed by atoms with Gasteiger partial charge >= 0.3 is 6.18 Å². The van der Waals surface area contributed by atoms with Crippen LogP contribution in [0.15, 0.2) is 53.4 Å². The smallest absolute Gasteiger partial charge is 0.352 e. The highest BCUT2D eigenvalue weighted by molar-refractivity contribution is 7.09. The number of hydrogen-bond acceptors (Lipinski definition) is 4. The summed E-state index contributed by atoms with van der Waals surface area (Å²) < 4.78 is 39.8. The van der Waals surface area contributed by atoms with E-state index in [0.29, 0.717) is 17.5 Å². The Hall–Kier alpha value is -2.88. The van der Waals surface area contributed by atoms with Crippen LogP contribution in [0.2, 0.25) is 0 Å². The molecule has 0 amide bonds. The van der Waals surface area contributed by atoms with Crippen LogP contribution in [0.4, 0.5) is 13.2 Å². The minimum absolute atomic E-state index is 0.168. The summed E-state index contributed by atoms with van der Waals surface area (Å²) in [5, 5.41) is 7.49. The molecular weight excluding hydrogens is 389 g/mol. The van der Waals surface area contributed by atoms with Crippen molar-refractivity contribution in [2.45, 2.75) is 25.8 Å². The molecule has 3 aromatic rings. The zero-order chi connectivity index (χ0) is 20.0. The molecule has 0 saturated heterocycles. The van der Waals surface area contributed by atoms with E-state index in [0.717, 1.165) is 34.4 Å². The van der Waals surface area contributed by atoms with Crippen LogP contribution in [-0.4, -0.2) is 27.5 Å². The summed E-state index contributed by atoms with van der Waals surface area (Å²) in [5.74, 6) is 0.490. The fraction of sp³-hybridized carbons (Fsp3) is 0.278. The van der Waals surface area contributed by atoms with Crippen molar-refractivity contribution in [3.8, 4) is 0 Å². The Balaban J connectivity index is 1.52. The summed E-state index contributed by atoms with van der Waals surface area (Å²) in [7, 11) is 1.60. The topological polar surface area (TPSA) is 67.1 Å². The Morgan fingerprint density at radius 2 is 2.00 bits per heavy atom. The molecule has 6 nitrogen and oxygen atoms in total. The van der Waals surface area contributed by atoms with Crippen molar-refractivity contribution in [3.63, 3.8) is 0 Å². The molecule has 148 valence electrons. The minimum Gasteiger partial charge on any atom is -0.352 e. The number of rotatable bonds is 6. The van der Waals surface area contributed by atoms with Gasteiger partial charge in [0.05, 0.1) is 12.9 Å². The summed E-state index contributed by atoms with van der Waals surface area (Å²) in [5.41, 5.74) is 1.34. The van der Waals surface area contributed by atoms with E-state index >= 15 is 0 Å². The van der Waals surface area contributed by atoms with Crippen LogP contribution >= 0.6 is 11.3 Å². The van der Waals surface area contributed by atoms with Gasteiger partial charge < -0.3 is 15.2 Å². The number of benzene rings is 1. The quantitative estimate of drug-likeness (QED) is 0.485. The summed E-state index contributed by atoms with van der Waals surface area (Å²) in [6.45, 7) is 1.43. The van der Waals surface area contributed by atoms with Gasteiger partial charge in [0.25, 0.3) is 0 Å². The van der Waals surface area contributed by atoms with Crippen LogP contribution in [0.1, 0.15) is 21.8 Å². The number of thiazole rings is 1. The number of nitrogens with one attached hydrogen (secondary N) is 2. The molecule has 0 aliphatic heterocycles. The van der Waals surface area contributed by atoms with Gasteiger partial charge in [0.15, 0.2) is 11.7 Å². The molecule has 0 saturated carbocycles. The molecule has 0 radical (unpaired) electrons. The molecule has 0 aliphatic rings. The lowest BCUT2D eigenvalue weighted by atomic mass is 10.1. The van der Waals surface area contributed by atoms with E-state index in [1.165, 1.54) is 0 Å². The third-order valence-electron chi connectivity index (χ3n) is 3.85. The lowest BCUT2D eigenvalue weighted by Gasteiger charge is -2.12. The second-order valence-electron chi connectivity index (χ2n) is 5.96. The van der Waals surface area contributed by atoms with Crippen molar-refractivity contribution in [2.75, 3.05) is 7.05 Å². The number of nitrogens with zero attached hydrogens (tertiary/aromatic N) is 4. The Morgan fingerprint density at radius 1 is 1.21 bits per heavy atom. The Bertz CT molecular complexity index is 918. The predicted octanol–water partition coefficient (Wildman–Crippen LogP) is 3.27. The second-order valence-corrected chi connectivity index (χ2v) is 6.90. The summed E-state index contributed by atoms with van der Waals surface area (Å²) >= 11 is 0.963. The first-order valence-corrected chi connectivity index (χ1v) is 9.31. The number of halogens is 3. The van der Waals surface area contributed by atoms with Gasteiger partial charge in [-0.15, -0.1) is 11.3 Å². The van der Waals surface area contributed by atoms with Gasteiger partial charge in [0.1, 0.15) is 5.01 Å². The lowest BCUT2D eigenvalue weighted by Crippen LogP contribution is -2.36. The van der Waals surface area contributed by atoms with Crippen molar-refractivity contribution in [2.24, 2.45) is 4.99 Å². The SMILES string of the molecule is CN=C(NCc1cccc(Cn2ccnc2)c1)NCc1nc(C(F)(F)F)cs1. The number of aromatic nitrogens is 3. The van der Waals surface area contributed by atoms with Gasteiger partial charge in [-0.05, 0) is 11.1 Å². The third-order valence-corrected chi connectivity index (χ3v) is 4.70. The molecule has 0 aliphatic carbocycles. The van der Waals surface area contributed by atoms with Gasteiger partial charge in [-0.2, -0.15) is 13.2 Å². The van der Waals surface area contributed by atoms with E-state index in [9.17, 15) is 13.2 Å². The average molecular weight is 408 g/mol. The Labute approximate surface area is 164 Å². The van der Waals surface area contributed by atoms with Crippen molar-refractivity contribution in [3.05, 3.63) is 70.2 Å². The van der Waals surface area contributed by atoms with Crippen molar-refractivity contribution >= 4 is 17.3 Å². The van der Waals surface area contributed by atoms with Crippen LogP contribution in [-0.2, 0) is 25.8 Å². The molecule has 0 atom stereocenters. The summed E-state index contributed by atoms with van der Waals surface area (Å²) in [6, 6.07) is 8.09. The normalized spacial score (nSPS) is 12.2. The Kier molecular flexibility index (Phi) is 6.30. The van der Waals surface area contributed by atoms with Gasteiger partial charge in [0.2, 0.25) is 0 Å². The molecule has 0 unspecified atom stereocenters. The van der Waals surface area contributed by atoms with Gasteiger partial charge in [-0.1, -0.05) is 24.3 Å². The fourth-order valence-corrected chi connectivity index (χ4v) is 3.26. The number of hydrogen-bond donors (Lipinski definition) is 2.